The topological polar surface area (TPSA) is 71.4 Å². The molecule has 8 heteroatoms. The zero-order valence-corrected chi connectivity index (χ0v) is 20.0. The Bertz CT molecular complexity index is 1210. The third kappa shape index (κ3) is 4.22. The van der Waals surface area contributed by atoms with Gasteiger partial charge in [-0.25, -0.2) is 14.4 Å². The number of benzene rings is 1. The Balaban J connectivity index is 1.32. The van der Waals surface area contributed by atoms with Crippen molar-refractivity contribution >= 4 is 23.1 Å². The van der Waals surface area contributed by atoms with Crippen molar-refractivity contribution in [2.24, 2.45) is 15.4 Å². The first kappa shape index (κ1) is 22.7. The highest BCUT2D eigenvalue weighted by Gasteiger charge is 2.44. The van der Waals surface area contributed by atoms with Crippen LogP contribution in [0.3, 0.4) is 0 Å². The molecule has 5 rings (SSSR count). The number of rotatable bonds is 7. The molecule has 2 aliphatic heterocycles. The predicted molar refractivity (Wildman–Crippen MR) is 131 cm³/mol. The quantitative estimate of drug-likeness (QED) is 0.577. The molecule has 1 saturated heterocycles. The molecule has 0 saturated carbocycles. The van der Waals surface area contributed by atoms with Crippen molar-refractivity contribution in [3.05, 3.63) is 53.0 Å². The van der Waals surface area contributed by atoms with Gasteiger partial charge in [-0.15, -0.1) is 0 Å². The number of fused-ring (bicyclic) bond motifs is 2. The number of halogens is 1. The lowest BCUT2D eigenvalue weighted by Crippen LogP contribution is -2.38. The van der Waals surface area contributed by atoms with Crippen LogP contribution in [0.2, 0.25) is 0 Å². The van der Waals surface area contributed by atoms with E-state index in [1.165, 1.54) is 32.3 Å². The van der Waals surface area contributed by atoms with E-state index in [9.17, 15) is 0 Å². The van der Waals surface area contributed by atoms with Gasteiger partial charge in [0.25, 0.3) is 0 Å². The summed E-state index contributed by atoms with van der Waals surface area (Å²) in [6, 6.07) is 5.21. The molecular formula is C26H31FN4O3. The van der Waals surface area contributed by atoms with E-state index >= 15 is 4.39 Å². The van der Waals surface area contributed by atoms with Crippen LogP contribution in [0.25, 0.3) is 10.9 Å². The first-order valence-electron chi connectivity index (χ1n) is 11.9. The summed E-state index contributed by atoms with van der Waals surface area (Å²) >= 11 is 0. The van der Waals surface area contributed by atoms with Gasteiger partial charge in [0.15, 0.2) is 17.3 Å². The Hall–Kier alpha value is -3.13. The lowest BCUT2D eigenvalue weighted by Gasteiger charge is -2.36. The molecule has 1 aromatic heterocycles. The van der Waals surface area contributed by atoms with Crippen LogP contribution >= 0.6 is 0 Å². The summed E-state index contributed by atoms with van der Waals surface area (Å²) in [7, 11) is 1.64. The fourth-order valence-corrected chi connectivity index (χ4v) is 4.90. The number of aromatic amines is 1. The molecule has 3 aliphatic rings. The van der Waals surface area contributed by atoms with Gasteiger partial charge in [0.1, 0.15) is 12.1 Å². The van der Waals surface area contributed by atoms with E-state index in [0.717, 1.165) is 29.9 Å². The maximum absolute atomic E-state index is 15.2. The number of ether oxygens (including phenoxy) is 3. The summed E-state index contributed by atoms with van der Waals surface area (Å²) in [5.74, 6) is 1.49. The van der Waals surface area contributed by atoms with Crippen molar-refractivity contribution < 1.29 is 18.6 Å². The van der Waals surface area contributed by atoms with Crippen LogP contribution in [-0.2, 0) is 9.47 Å². The SMILES string of the molecule is COC1=C(OCCCN2CCCC2)C=C2N=CN=C(Oc3ccc4[nH]c(C)cc4c3F)C2(C)C1. The number of aryl methyl sites for hydroxylation is 1. The number of aromatic nitrogens is 1. The number of aliphatic imine (C=N–C) groups is 2. The predicted octanol–water partition coefficient (Wildman–Crippen LogP) is 5.09. The van der Waals surface area contributed by atoms with Gasteiger partial charge in [-0.1, -0.05) is 0 Å². The summed E-state index contributed by atoms with van der Waals surface area (Å²) in [5, 5.41) is 0.492. The zero-order valence-electron chi connectivity index (χ0n) is 20.0. The minimum Gasteiger partial charge on any atom is -0.497 e. The fourth-order valence-electron chi connectivity index (χ4n) is 4.90. The molecule has 1 atom stereocenters. The summed E-state index contributed by atoms with van der Waals surface area (Å²) in [4.78, 5) is 14.5. The molecule has 34 heavy (non-hydrogen) atoms. The summed E-state index contributed by atoms with van der Waals surface area (Å²) in [5.41, 5.74) is 1.68. The molecule has 2 aromatic rings. The lowest BCUT2D eigenvalue weighted by atomic mass is 9.78. The Morgan fingerprint density at radius 2 is 2.06 bits per heavy atom. The third-order valence-corrected chi connectivity index (χ3v) is 6.83. The normalized spacial score (nSPS) is 22.6. The van der Waals surface area contributed by atoms with E-state index in [4.69, 9.17) is 14.2 Å². The van der Waals surface area contributed by atoms with Crippen molar-refractivity contribution in [3.8, 4) is 5.75 Å². The number of nitrogens with one attached hydrogen (secondary N) is 1. The van der Waals surface area contributed by atoms with Crippen molar-refractivity contribution in [1.29, 1.82) is 0 Å². The molecule has 0 radical (unpaired) electrons. The van der Waals surface area contributed by atoms with Crippen LogP contribution in [0.1, 0.15) is 38.3 Å². The van der Waals surface area contributed by atoms with Crippen molar-refractivity contribution in [3.63, 3.8) is 0 Å². The molecule has 1 unspecified atom stereocenters. The average Bonchev–Trinajstić information content (AvgIpc) is 3.48. The molecule has 0 spiro atoms. The smallest absolute Gasteiger partial charge is 0.208 e. The summed E-state index contributed by atoms with van der Waals surface area (Å²) in [6.07, 6.45) is 7.33. The molecule has 7 nitrogen and oxygen atoms in total. The van der Waals surface area contributed by atoms with Gasteiger partial charge in [-0.05, 0) is 64.4 Å². The molecule has 0 amide bonds. The molecule has 1 N–H and O–H groups in total. The van der Waals surface area contributed by atoms with Crippen molar-refractivity contribution in [1.82, 2.24) is 9.88 Å². The second-order valence-electron chi connectivity index (χ2n) is 9.35. The van der Waals surface area contributed by atoms with Gasteiger partial charge in [0.05, 0.1) is 24.8 Å². The standard InChI is InChI=1S/C26H31FN4O3/c1-17-13-18-19(30-17)7-8-20(24(18)27)34-25-26(2)15-22(32-3)21(14-23(26)28-16-29-25)33-12-6-11-31-9-4-5-10-31/h7-8,13-14,16,30H,4-6,9-12,15H2,1-3H3. The Labute approximate surface area is 199 Å². The highest BCUT2D eigenvalue weighted by atomic mass is 19.1. The fraction of sp³-hybridized carbons (Fsp3) is 0.462. The van der Waals surface area contributed by atoms with Gasteiger partial charge in [-0.2, -0.15) is 0 Å². The maximum Gasteiger partial charge on any atom is 0.208 e. The minimum atomic E-state index is -0.696. The van der Waals surface area contributed by atoms with E-state index in [-0.39, 0.29) is 5.75 Å². The van der Waals surface area contributed by atoms with Crippen LogP contribution in [0, 0.1) is 18.2 Å². The van der Waals surface area contributed by atoms with Crippen LogP contribution in [-0.4, -0.2) is 55.5 Å². The number of H-pyrrole nitrogens is 1. The molecular weight excluding hydrogens is 435 g/mol. The summed E-state index contributed by atoms with van der Waals surface area (Å²) in [6.45, 7) is 7.90. The average molecular weight is 467 g/mol. The molecule has 1 aromatic carbocycles. The van der Waals surface area contributed by atoms with Crippen LogP contribution in [0.15, 0.2) is 51.5 Å². The number of methoxy groups -OCH3 is 1. The second-order valence-corrected chi connectivity index (χ2v) is 9.35. The third-order valence-electron chi connectivity index (χ3n) is 6.83. The van der Waals surface area contributed by atoms with Gasteiger partial charge >= 0.3 is 0 Å². The highest BCUT2D eigenvalue weighted by Crippen LogP contribution is 2.44. The van der Waals surface area contributed by atoms with Crippen molar-refractivity contribution in [2.75, 3.05) is 33.4 Å². The number of hydrogen-bond acceptors (Lipinski definition) is 6. The number of hydrogen-bond donors (Lipinski definition) is 1. The van der Waals surface area contributed by atoms with Crippen LogP contribution in [0.5, 0.6) is 5.75 Å². The largest absolute Gasteiger partial charge is 0.497 e. The highest BCUT2D eigenvalue weighted by molar-refractivity contribution is 5.96. The zero-order chi connectivity index (χ0) is 23.7. The van der Waals surface area contributed by atoms with E-state index in [0.29, 0.717) is 35.8 Å². The molecule has 1 aliphatic carbocycles. The van der Waals surface area contributed by atoms with Gasteiger partial charge in [0.2, 0.25) is 5.90 Å². The Morgan fingerprint density at radius 3 is 2.85 bits per heavy atom. The monoisotopic (exact) mass is 466 g/mol. The Kier molecular flexibility index (Phi) is 6.16. The first-order valence-corrected chi connectivity index (χ1v) is 11.9. The molecule has 0 bridgehead atoms. The lowest BCUT2D eigenvalue weighted by molar-refractivity contribution is 0.157. The van der Waals surface area contributed by atoms with Crippen molar-refractivity contribution in [2.45, 2.75) is 39.5 Å². The van der Waals surface area contributed by atoms with Gasteiger partial charge in [0, 0.05) is 35.6 Å². The number of allylic oxidation sites excluding steroid dienone is 2. The van der Waals surface area contributed by atoms with E-state index in [1.807, 2.05) is 26.0 Å². The van der Waals surface area contributed by atoms with E-state index in [1.54, 1.807) is 19.2 Å². The first-order chi connectivity index (χ1) is 16.5. The number of likely N-dealkylation sites (tertiary alicyclic amines) is 1. The maximum atomic E-state index is 15.2. The van der Waals surface area contributed by atoms with Gasteiger partial charge in [-0.3, -0.25) is 0 Å². The summed E-state index contributed by atoms with van der Waals surface area (Å²) < 4.78 is 33.0. The van der Waals surface area contributed by atoms with E-state index < -0.39 is 11.2 Å². The van der Waals surface area contributed by atoms with Crippen LogP contribution in [0.4, 0.5) is 4.39 Å². The minimum absolute atomic E-state index is 0.132. The van der Waals surface area contributed by atoms with E-state index in [2.05, 4.69) is 19.9 Å². The van der Waals surface area contributed by atoms with Gasteiger partial charge < -0.3 is 24.1 Å². The molecule has 1 fully saturated rings. The number of nitrogens with zero attached hydrogens (tertiary/aromatic N) is 3. The molecule has 3 heterocycles. The van der Waals surface area contributed by atoms with Crippen LogP contribution < -0.4 is 4.74 Å². The Morgan fingerprint density at radius 1 is 1.24 bits per heavy atom. The molecule has 180 valence electrons. The second kappa shape index (κ2) is 9.25.